The van der Waals surface area contributed by atoms with E-state index in [1.807, 2.05) is 0 Å². The molecule has 112 valence electrons. The largest absolute Gasteiger partial charge is 0.477 e. The molecule has 0 aliphatic rings. The maximum Gasteiger partial charge on any atom is 0.352 e. The summed E-state index contributed by atoms with van der Waals surface area (Å²) in [5.74, 6) is -1.95. The Balaban J connectivity index is 2.41. The average molecular weight is 312 g/mol. The van der Waals surface area contributed by atoms with E-state index in [-0.39, 0.29) is 16.3 Å². The second kappa shape index (κ2) is 5.57. The topological polar surface area (TPSA) is 88.4 Å². The van der Waals surface area contributed by atoms with Gasteiger partial charge < -0.3 is 9.67 Å². The number of aryl methyl sites for hydroxylation is 1. The number of rotatable bonds is 5. The molecule has 0 spiro atoms. The third kappa shape index (κ3) is 3.05. The molecule has 1 aromatic heterocycles. The molecule has 0 amide bonds. The Kier molecular flexibility index (Phi) is 3.99. The SMILES string of the molecule is CCn1cc(S(=O)(=O)Nc2ccccc2F)cc1C(=O)O. The molecule has 0 radical (unpaired) electrons. The van der Waals surface area contributed by atoms with E-state index in [1.54, 1.807) is 6.92 Å². The molecular formula is C13H13FN2O4S. The van der Waals surface area contributed by atoms with Gasteiger partial charge in [-0.05, 0) is 25.1 Å². The maximum atomic E-state index is 13.5. The molecule has 0 bridgehead atoms. The van der Waals surface area contributed by atoms with Crippen LogP contribution in [0.3, 0.4) is 0 Å². The molecule has 0 unspecified atom stereocenters. The van der Waals surface area contributed by atoms with Crippen LogP contribution in [0.25, 0.3) is 0 Å². The number of halogens is 1. The Morgan fingerprint density at radius 2 is 2.05 bits per heavy atom. The standard InChI is InChI=1S/C13H13FN2O4S/c1-2-16-8-9(7-12(16)13(17)18)21(19,20)15-11-6-4-3-5-10(11)14/h3-8,15H,2H2,1H3,(H,17,18). The number of hydrogen-bond acceptors (Lipinski definition) is 3. The normalized spacial score (nSPS) is 11.3. The quantitative estimate of drug-likeness (QED) is 0.885. The van der Waals surface area contributed by atoms with Crippen molar-refractivity contribution in [2.75, 3.05) is 4.72 Å². The summed E-state index contributed by atoms with van der Waals surface area (Å²) in [7, 11) is -4.06. The van der Waals surface area contributed by atoms with Crippen LogP contribution in [0, 0.1) is 5.82 Å². The average Bonchev–Trinajstić information content (AvgIpc) is 2.86. The first-order valence-electron chi connectivity index (χ1n) is 6.06. The Hall–Kier alpha value is -2.35. The number of nitrogens with zero attached hydrogens (tertiary/aromatic N) is 1. The van der Waals surface area contributed by atoms with Gasteiger partial charge in [-0.2, -0.15) is 0 Å². The molecule has 2 aromatic rings. The second-order valence-corrected chi connectivity index (χ2v) is 5.92. The van der Waals surface area contributed by atoms with Gasteiger partial charge in [0.25, 0.3) is 10.0 Å². The number of para-hydroxylation sites is 1. The summed E-state index contributed by atoms with van der Waals surface area (Å²) in [6.45, 7) is 1.99. The van der Waals surface area contributed by atoms with Crippen molar-refractivity contribution >= 4 is 21.7 Å². The van der Waals surface area contributed by atoms with E-state index in [0.717, 1.165) is 12.1 Å². The van der Waals surface area contributed by atoms with Gasteiger partial charge in [0.2, 0.25) is 0 Å². The number of carboxylic acid groups (broad SMARTS) is 1. The summed E-state index contributed by atoms with van der Waals surface area (Å²) in [6, 6.07) is 6.36. The second-order valence-electron chi connectivity index (χ2n) is 4.24. The first-order chi connectivity index (χ1) is 9.85. The van der Waals surface area contributed by atoms with Crippen LogP contribution in [-0.4, -0.2) is 24.1 Å². The molecule has 1 heterocycles. The summed E-state index contributed by atoms with van der Waals surface area (Å²) >= 11 is 0. The number of aromatic carboxylic acids is 1. The Bertz CT molecular complexity index is 783. The van der Waals surface area contributed by atoms with Crippen molar-refractivity contribution in [3.63, 3.8) is 0 Å². The monoisotopic (exact) mass is 312 g/mol. The van der Waals surface area contributed by atoms with Crippen LogP contribution in [0.15, 0.2) is 41.4 Å². The van der Waals surface area contributed by atoms with Gasteiger partial charge in [-0.15, -0.1) is 0 Å². The number of carbonyl (C=O) groups is 1. The third-order valence-electron chi connectivity index (χ3n) is 2.86. The van der Waals surface area contributed by atoms with Gasteiger partial charge in [-0.1, -0.05) is 12.1 Å². The minimum absolute atomic E-state index is 0.147. The Labute approximate surface area is 120 Å². The number of nitrogens with one attached hydrogen (secondary N) is 1. The lowest BCUT2D eigenvalue weighted by atomic mass is 10.3. The van der Waals surface area contributed by atoms with Crippen molar-refractivity contribution < 1.29 is 22.7 Å². The predicted octanol–water partition coefficient (Wildman–Crippen LogP) is 2.15. The minimum Gasteiger partial charge on any atom is -0.477 e. The molecule has 2 rings (SSSR count). The van der Waals surface area contributed by atoms with Crippen LogP contribution in [0.4, 0.5) is 10.1 Å². The van der Waals surface area contributed by atoms with E-state index in [1.165, 1.54) is 29.0 Å². The van der Waals surface area contributed by atoms with E-state index in [4.69, 9.17) is 5.11 Å². The van der Waals surface area contributed by atoms with Crippen LogP contribution < -0.4 is 4.72 Å². The fourth-order valence-corrected chi connectivity index (χ4v) is 2.92. The van der Waals surface area contributed by atoms with Crippen molar-refractivity contribution in [3.8, 4) is 0 Å². The Morgan fingerprint density at radius 1 is 1.38 bits per heavy atom. The molecule has 0 saturated carbocycles. The van der Waals surface area contributed by atoms with Gasteiger partial charge in [0.15, 0.2) is 0 Å². The third-order valence-corrected chi connectivity index (χ3v) is 4.19. The molecule has 0 fully saturated rings. The van der Waals surface area contributed by atoms with E-state index in [2.05, 4.69) is 4.72 Å². The van der Waals surface area contributed by atoms with Gasteiger partial charge in [-0.3, -0.25) is 4.72 Å². The van der Waals surface area contributed by atoms with Crippen molar-refractivity contribution in [1.29, 1.82) is 0 Å². The zero-order valence-electron chi connectivity index (χ0n) is 11.1. The lowest BCUT2D eigenvalue weighted by molar-refractivity contribution is 0.0685. The van der Waals surface area contributed by atoms with Gasteiger partial charge in [0, 0.05) is 12.7 Å². The van der Waals surface area contributed by atoms with E-state index < -0.39 is 21.8 Å². The van der Waals surface area contributed by atoms with Crippen LogP contribution in [0.1, 0.15) is 17.4 Å². The predicted molar refractivity (Wildman–Crippen MR) is 74.3 cm³/mol. The minimum atomic E-state index is -4.06. The van der Waals surface area contributed by atoms with Gasteiger partial charge >= 0.3 is 5.97 Å². The molecule has 6 nitrogen and oxygen atoms in total. The van der Waals surface area contributed by atoms with Gasteiger partial charge in [0.05, 0.1) is 5.69 Å². The molecule has 0 aliphatic carbocycles. The lowest BCUT2D eigenvalue weighted by Gasteiger charge is -2.07. The number of aromatic nitrogens is 1. The molecule has 0 aliphatic heterocycles. The molecule has 21 heavy (non-hydrogen) atoms. The van der Waals surface area contributed by atoms with Crippen molar-refractivity contribution in [1.82, 2.24) is 4.57 Å². The zero-order chi connectivity index (χ0) is 15.6. The highest BCUT2D eigenvalue weighted by Crippen LogP contribution is 2.20. The lowest BCUT2D eigenvalue weighted by Crippen LogP contribution is -2.13. The first kappa shape index (κ1) is 15.0. The highest BCUT2D eigenvalue weighted by molar-refractivity contribution is 7.92. The number of carboxylic acids is 1. The van der Waals surface area contributed by atoms with Crippen LogP contribution >= 0.6 is 0 Å². The Morgan fingerprint density at radius 3 is 2.57 bits per heavy atom. The van der Waals surface area contributed by atoms with Crippen LogP contribution in [0.5, 0.6) is 0 Å². The highest BCUT2D eigenvalue weighted by Gasteiger charge is 2.21. The number of anilines is 1. The van der Waals surface area contributed by atoms with E-state index in [9.17, 15) is 17.6 Å². The molecule has 1 aromatic carbocycles. The molecule has 2 N–H and O–H groups in total. The number of hydrogen-bond donors (Lipinski definition) is 2. The summed E-state index contributed by atoms with van der Waals surface area (Å²) < 4.78 is 41.2. The number of benzene rings is 1. The fraction of sp³-hybridized carbons (Fsp3) is 0.154. The molecular weight excluding hydrogens is 299 g/mol. The van der Waals surface area contributed by atoms with E-state index in [0.29, 0.717) is 6.54 Å². The fourth-order valence-electron chi connectivity index (χ4n) is 1.82. The highest BCUT2D eigenvalue weighted by atomic mass is 32.2. The molecule has 8 heteroatoms. The number of sulfonamides is 1. The van der Waals surface area contributed by atoms with Crippen LogP contribution in [0.2, 0.25) is 0 Å². The summed E-state index contributed by atoms with van der Waals surface area (Å²) in [4.78, 5) is 10.8. The van der Waals surface area contributed by atoms with E-state index >= 15 is 0 Å². The van der Waals surface area contributed by atoms with Crippen molar-refractivity contribution in [2.45, 2.75) is 18.4 Å². The van der Waals surface area contributed by atoms with Gasteiger partial charge in [0.1, 0.15) is 16.4 Å². The molecule has 0 atom stereocenters. The summed E-state index contributed by atoms with van der Waals surface area (Å²) in [5.41, 5.74) is -0.343. The summed E-state index contributed by atoms with van der Waals surface area (Å²) in [6.07, 6.45) is 1.20. The molecule has 0 saturated heterocycles. The zero-order valence-corrected chi connectivity index (χ0v) is 11.9. The smallest absolute Gasteiger partial charge is 0.352 e. The van der Waals surface area contributed by atoms with Gasteiger partial charge in [-0.25, -0.2) is 17.6 Å². The van der Waals surface area contributed by atoms with Crippen LogP contribution in [-0.2, 0) is 16.6 Å². The summed E-state index contributed by atoms with van der Waals surface area (Å²) in [5, 5.41) is 9.01. The first-order valence-corrected chi connectivity index (χ1v) is 7.54. The van der Waals surface area contributed by atoms with Crippen molar-refractivity contribution in [3.05, 3.63) is 48.0 Å². The maximum absolute atomic E-state index is 13.5. The van der Waals surface area contributed by atoms with Crippen molar-refractivity contribution in [2.24, 2.45) is 0 Å².